The van der Waals surface area contributed by atoms with Gasteiger partial charge in [-0.25, -0.2) is 9.78 Å². The number of fused-ring (bicyclic) bond motifs is 1. The molecule has 2 aromatic rings. The van der Waals surface area contributed by atoms with E-state index in [-0.39, 0.29) is 24.0 Å². The maximum Gasteiger partial charge on any atom is 0.410 e. The van der Waals surface area contributed by atoms with Crippen molar-refractivity contribution in [2.75, 3.05) is 19.6 Å². The molecule has 0 bridgehead atoms. The number of rotatable bonds is 2. The Labute approximate surface area is 171 Å². The van der Waals surface area contributed by atoms with Gasteiger partial charge in [0.1, 0.15) is 11.4 Å². The van der Waals surface area contributed by atoms with E-state index in [9.17, 15) is 9.59 Å². The molecule has 29 heavy (non-hydrogen) atoms. The zero-order chi connectivity index (χ0) is 20.8. The average Bonchev–Trinajstić information content (AvgIpc) is 3.37. The molecule has 1 aromatic heterocycles. The van der Waals surface area contributed by atoms with Crippen LogP contribution < -0.4 is 0 Å². The van der Waals surface area contributed by atoms with Crippen LogP contribution in [0.15, 0.2) is 18.2 Å². The minimum atomic E-state index is -0.529. The molecule has 0 saturated carbocycles. The van der Waals surface area contributed by atoms with Crippen molar-refractivity contribution >= 4 is 23.0 Å². The molecular formula is C22H30N4O3. The molecular weight excluding hydrogens is 368 g/mol. The van der Waals surface area contributed by atoms with Gasteiger partial charge in [0.25, 0.3) is 0 Å². The minimum Gasteiger partial charge on any atom is -0.444 e. The fraction of sp³-hybridized carbons (Fsp3) is 0.591. The van der Waals surface area contributed by atoms with Gasteiger partial charge in [-0.2, -0.15) is 0 Å². The minimum absolute atomic E-state index is 0.0224. The number of aromatic nitrogens is 2. The van der Waals surface area contributed by atoms with Crippen LogP contribution in [0.3, 0.4) is 0 Å². The Kier molecular flexibility index (Phi) is 5.00. The maximum absolute atomic E-state index is 13.3. The van der Waals surface area contributed by atoms with Gasteiger partial charge in [0.05, 0.1) is 23.0 Å². The number of carbonyl (C=O) groups is 2. The quantitative estimate of drug-likeness (QED) is 0.835. The highest BCUT2D eigenvalue weighted by atomic mass is 16.6. The Morgan fingerprint density at radius 3 is 2.76 bits per heavy atom. The number of benzene rings is 1. The monoisotopic (exact) mass is 398 g/mol. The SMILES string of the molecule is Cc1ccc2nc([C@H]3CCCN3C(=O)[C@@H]3CCN(C(=O)OC(C)(C)C)C3)[nH]c2c1. The van der Waals surface area contributed by atoms with Gasteiger partial charge in [-0.1, -0.05) is 6.07 Å². The molecule has 4 rings (SSSR count). The molecule has 0 unspecified atom stereocenters. The lowest BCUT2D eigenvalue weighted by molar-refractivity contribution is -0.136. The zero-order valence-corrected chi connectivity index (χ0v) is 17.7. The van der Waals surface area contributed by atoms with Gasteiger partial charge in [0.2, 0.25) is 5.91 Å². The number of imidazole rings is 1. The molecule has 2 fully saturated rings. The zero-order valence-electron chi connectivity index (χ0n) is 17.7. The highest BCUT2D eigenvalue weighted by molar-refractivity contribution is 5.82. The average molecular weight is 399 g/mol. The highest BCUT2D eigenvalue weighted by Gasteiger charge is 2.40. The summed E-state index contributed by atoms with van der Waals surface area (Å²) < 4.78 is 5.46. The number of hydrogen-bond acceptors (Lipinski definition) is 4. The summed E-state index contributed by atoms with van der Waals surface area (Å²) in [6.45, 7) is 9.35. The molecule has 7 nitrogen and oxygen atoms in total. The second kappa shape index (κ2) is 7.35. The Morgan fingerprint density at radius 1 is 1.21 bits per heavy atom. The number of H-pyrrole nitrogens is 1. The molecule has 1 aromatic carbocycles. The fourth-order valence-electron chi connectivity index (χ4n) is 4.30. The van der Waals surface area contributed by atoms with Gasteiger partial charge in [0, 0.05) is 19.6 Å². The number of amides is 2. The first-order chi connectivity index (χ1) is 13.7. The summed E-state index contributed by atoms with van der Waals surface area (Å²) in [7, 11) is 0. The molecule has 0 spiro atoms. The number of hydrogen-bond donors (Lipinski definition) is 1. The van der Waals surface area contributed by atoms with Crippen molar-refractivity contribution in [3.05, 3.63) is 29.6 Å². The van der Waals surface area contributed by atoms with Crippen LogP contribution in [-0.2, 0) is 9.53 Å². The summed E-state index contributed by atoms with van der Waals surface area (Å²) in [5.41, 5.74) is 2.59. The molecule has 2 aliphatic heterocycles. The Balaban J connectivity index is 1.46. The Morgan fingerprint density at radius 2 is 2.00 bits per heavy atom. The smallest absolute Gasteiger partial charge is 0.410 e. The van der Waals surface area contributed by atoms with E-state index in [1.54, 1.807) is 4.90 Å². The second-order valence-electron chi connectivity index (χ2n) is 9.24. The van der Waals surface area contributed by atoms with E-state index < -0.39 is 5.60 Å². The van der Waals surface area contributed by atoms with Gasteiger partial charge in [-0.15, -0.1) is 0 Å². The fourth-order valence-corrected chi connectivity index (χ4v) is 4.30. The van der Waals surface area contributed by atoms with Crippen molar-refractivity contribution in [3.8, 4) is 0 Å². The van der Waals surface area contributed by atoms with Crippen molar-refractivity contribution in [1.82, 2.24) is 19.8 Å². The molecule has 0 radical (unpaired) electrons. The first-order valence-electron chi connectivity index (χ1n) is 10.5. The van der Waals surface area contributed by atoms with Crippen molar-refractivity contribution in [2.24, 2.45) is 5.92 Å². The topological polar surface area (TPSA) is 78.5 Å². The van der Waals surface area contributed by atoms with Crippen molar-refractivity contribution in [2.45, 2.75) is 58.6 Å². The number of nitrogens with zero attached hydrogens (tertiary/aromatic N) is 3. The summed E-state index contributed by atoms with van der Waals surface area (Å²) in [5, 5.41) is 0. The predicted molar refractivity (Wildman–Crippen MR) is 110 cm³/mol. The van der Waals surface area contributed by atoms with Gasteiger partial charge in [-0.05, 0) is 64.7 Å². The van der Waals surface area contributed by atoms with Crippen LogP contribution in [-0.4, -0.2) is 57.0 Å². The molecule has 2 atom stereocenters. The third kappa shape index (κ3) is 4.09. The lowest BCUT2D eigenvalue weighted by Crippen LogP contribution is -2.39. The normalized spacial score (nSPS) is 22.5. The number of carbonyl (C=O) groups excluding carboxylic acids is 2. The molecule has 156 valence electrons. The Hall–Kier alpha value is -2.57. The standard InChI is InChI=1S/C22H30N4O3/c1-14-7-8-16-17(12-14)24-19(23-16)18-6-5-10-26(18)20(27)15-9-11-25(13-15)21(28)29-22(2,3)4/h7-8,12,15,18H,5-6,9-11,13H2,1-4H3,(H,23,24)/t15-,18-/m1/s1. The van der Waals surface area contributed by atoms with Gasteiger partial charge >= 0.3 is 6.09 Å². The largest absolute Gasteiger partial charge is 0.444 e. The number of nitrogens with one attached hydrogen (secondary N) is 1. The number of ether oxygens (including phenoxy) is 1. The summed E-state index contributed by atoms with van der Waals surface area (Å²) in [5.74, 6) is 0.809. The number of aromatic amines is 1. The van der Waals surface area contributed by atoms with E-state index >= 15 is 0 Å². The summed E-state index contributed by atoms with van der Waals surface area (Å²) in [6.07, 6.45) is 2.22. The van der Waals surface area contributed by atoms with E-state index in [1.165, 1.54) is 5.56 Å². The van der Waals surface area contributed by atoms with Crippen LogP contribution in [0.5, 0.6) is 0 Å². The summed E-state index contributed by atoms with van der Waals surface area (Å²) in [6, 6.07) is 6.13. The van der Waals surface area contributed by atoms with Gasteiger partial charge in [0.15, 0.2) is 0 Å². The number of aryl methyl sites for hydroxylation is 1. The van der Waals surface area contributed by atoms with Crippen LogP contribution in [0, 0.1) is 12.8 Å². The van der Waals surface area contributed by atoms with Crippen molar-refractivity contribution < 1.29 is 14.3 Å². The second-order valence-corrected chi connectivity index (χ2v) is 9.24. The van der Waals surface area contributed by atoms with Crippen LogP contribution in [0.1, 0.15) is 57.5 Å². The first kappa shape index (κ1) is 19.7. The Bertz CT molecular complexity index is 930. The third-order valence-electron chi connectivity index (χ3n) is 5.70. The summed E-state index contributed by atoms with van der Waals surface area (Å²) in [4.78, 5) is 37.4. The molecule has 3 heterocycles. The van der Waals surface area contributed by atoms with E-state index in [0.29, 0.717) is 19.5 Å². The van der Waals surface area contributed by atoms with E-state index in [2.05, 4.69) is 18.0 Å². The molecule has 2 aliphatic rings. The van der Waals surface area contributed by atoms with Crippen molar-refractivity contribution in [1.29, 1.82) is 0 Å². The maximum atomic E-state index is 13.3. The van der Waals surface area contributed by atoms with Crippen LogP contribution in [0.25, 0.3) is 11.0 Å². The highest BCUT2D eigenvalue weighted by Crippen LogP contribution is 2.34. The first-order valence-corrected chi connectivity index (χ1v) is 10.5. The van der Waals surface area contributed by atoms with Crippen molar-refractivity contribution in [3.63, 3.8) is 0 Å². The molecule has 0 aliphatic carbocycles. The lowest BCUT2D eigenvalue weighted by Gasteiger charge is -2.27. The van der Waals surface area contributed by atoms with Gasteiger partial charge < -0.3 is 19.5 Å². The summed E-state index contributed by atoms with van der Waals surface area (Å²) >= 11 is 0. The van der Waals surface area contributed by atoms with Gasteiger partial charge in [-0.3, -0.25) is 4.79 Å². The molecule has 7 heteroatoms. The van der Waals surface area contributed by atoms with Crippen LogP contribution in [0.2, 0.25) is 0 Å². The number of likely N-dealkylation sites (tertiary alicyclic amines) is 2. The van der Waals surface area contributed by atoms with Crippen LogP contribution >= 0.6 is 0 Å². The third-order valence-corrected chi connectivity index (χ3v) is 5.70. The predicted octanol–water partition coefficient (Wildman–Crippen LogP) is 3.79. The van der Waals surface area contributed by atoms with E-state index in [1.807, 2.05) is 37.8 Å². The molecule has 2 amide bonds. The lowest BCUT2D eigenvalue weighted by atomic mass is 10.1. The van der Waals surface area contributed by atoms with E-state index in [4.69, 9.17) is 9.72 Å². The molecule has 1 N–H and O–H groups in total. The molecule has 2 saturated heterocycles. The van der Waals surface area contributed by atoms with E-state index in [0.717, 1.165) is 36.2 Å². The van der Waals surface area contributed by atoms with Crippen LogP contribution in [0.4, 0.5) is 4.79 Å².